The Balaban J connectivity index is 1.61. The van der Waals surface area contributed by atoms with Gasteiger partial charge < -0.3 is 15.7 Å². The number of carbonyl (C=O) groups is 2. The third-order valence-corrected chi connectivity index (χ3v) is 4.91. The fourth-order valence-corrected chi connectivity index (χ4v) is 3.63. The summed E-state index contributed by atoms with van der Waals surface area (Å²) < 4.78 is 13.8. The molecule has 2 heterocycles. The Morgan fingerprint density at radius 3 is 2.89 bits per heavy atom. The van der Waals surface area contributed by atoms with Crippen molar-refractivity contribution in [3.63, 3.8) is 0 Å². The maximum Gasteiger partial charge on any atom is 0.303 e. The number of aryl methyl sites for hydroxylation is 1. The molecule has 1 aliphatic heterocycles. The summed E-state index contributed by atoms with van der Waals surface area (Å²) in [5.74, 6) is -1.77. The predicted octanol–water partition coefficient (Wildman–Crippen LogP) is 2.96. The Morgan fingerprint density at radius 2 is 2.07 bits per heavy atom. The average molecular weight is 382 g/mol. The summed E-state index contributed by atoms with van der Waals surface area (Å²) in [6.45, 7) is 1.42. The van der Waals surface area contributed by atoms with E-state index in [-0.39, 0.29) is 12.0 Å². The van der Waals surface area contributed by atoms with Gasteiger partial charge in [-0.2, -0.15) is 5.10 Å². The second-order valence-corrected chi connectivity index (χ2v) is 6.86. The summed E-state index contributed by atoms with van der Waals surface area (Å²) >= 11 is 0. The average Bonchev–Trinajstić information content (AvgIpc) is 3.29. The smallest absolute Gasteiger partial charge is 0.303 e. The molecule has 0 fully saturated rings. The van der Waals surface area contributed by atoms with E-state index in [1.165, 1.54) is 18.3 Å². The summed E-state index contributed by atoms with van der Waals surface area (Å²) in [4.78, 5) is 23.6. The zero-order chi connectivity index (χ0) is 19.7. The van der Waals surface area contributed by atoms with Crippen molar-refractivity contribution in [3.8, 4) is 0 Å². The number of carboxylic acid groups (broad SMARTS) is 1. The molecule has 7 nitrogen and oxygen atoms in total. The molecular formula is C20H19FN4O3. The van der Waals surface area contributed by atoms with E-state index in [0.717, 1.165) is 23.2 Å². The number of aromatic amines is 1. The Morgan fingerprint density at radius 1 is 1.21 bits per heavy atom. The molecule has 1 aliphatic rings. The number of halogens is 1. The summed E-state index contributed by atoms with van der Waals surface area (Å²) in [7, 11) is 0. The van der Waals surface area contributed by atoms with Gasteiger partial charge in [0, 0.05) is 30.6 Å². The van der Waals surface area contributed by atoms with Gasteiger partial charge >= 0.3 is 5.97 Å². The number of hydrogen-bond acceptors (Lipinski definition) is 4. The number of amides is 1. The van der Waals surface area contributed by atoms with Gasteiger partial charge in [-0.15, -0.1) is 0 Å². The number of anilines is 1. The maximum absolute atomic E-state index is 13.8. The first-order valence-corrected chi connectivity index (χ1v) is 9.02. The van der Waals surface area contributed by atoms with Crippen LogP contribution < -0.4 is 10.6 Å². The second-order valence-electron chi connectivity index (χ2n) is 6.86. The van der Waals surface area contributed by atoms with Gasteiger partial charge in [-0.3, -0.25) is 14.7 Å². The minimum absolute atomic E-state index is 0.0978. The van der Waals surface area contributed by atoms with E-state index >= 15 is 0 Å². The Bertz CT molecular complexity index is 1080. The van der Waals surface area contributed by atoms with E-state index < -0.39 is 17.7 Å². The molecule has 1 aromatic heterocycles. The maximum atomic E-state index is 13.8. The molecule has 3 aromatic rings. The molecule has 8 heteroatoms. The number of nitrogens with one attached hydrogen (secondary N) is 3. The lowest BCUT2D eigenvalue weighted by Gasteiger charge is -2.13. The van der Waals surface area contributed by atoms with Crippen molar-refractivity contribution < 1.29 is 19.1 Å². The molecule has 28 heavy (non-hydrogen) atoms. The summed E-state index contributed by atoms with van der Waals surface area (Å²) in [5.41, 5.74) is 4.53. The van der Waals surface area contributed by atoms with Gasteiger partial charge in [-0.05, 0) is 53.8 Å². The molecule has 0 unspecified atom stereocenters. The molecule has 0 atom stereocenters. The number of rotatable bonds is 6. The van der Waals surface area contributed by atoms with Crippen LogP contribution in [0.15, 0.2) is 30.5 Å². The number of H-pyrrole nitrogens is 1. The first-order valence-electron chi connectivity index (χ1n) is 9.02. The van der Waals surface area contributed by atoms with Crippen LogP contribution in [-0.4, -0.2) is 27.2 Å². The monoisotopic (exact) mass is 382 g/mol. The predicted molar refractivity (Wildman–Crippen MR) is 102 cm³/mol. The lowest BCUT2D eigenvalue weighted by atomic mass is 9.97. The van der Waals surface area contributed by atoms with Crippen molar-refractivity contribution in [2.24, 2.45) is 0 Å². The van der Waals surface area contributed by atoms with Gasteiger partial charge in [-0.25, -0.2) is 4.39 Å². The van der Waals surface area contributed by atoms with E-state index in [4.69, 9.17) is 5.11 Å². The van der Waals surface area contributed by atoms with Crippen molar-refractivity contribution in [3.05, 3.63) is 58.5 Å². The lowest BCUT2D eigenvalue weighted by molar-refractivity contribution is -0.137. The van der Waals surface area contributed by atoms with E-state index in [1.807, 2.05) is 12.1 Å². The van der Waals surface area contributed by atoms with E-state index in [9.17, 15) is 14.0 Å². The van der Waals surface area contributed by atoms with Crippen LogP contribution in [0.25, 0.3) is 10.9 Å². The van der Waals surface area contributed by atoms with Crippen LogP contribution in [0.4, 0.5) is 10.1 Å². The van der Waals surface area contributed by atoms with Gasteiger partial charge in [0.2, 0.25) is 0 Å². The highest BCUT2D eigenvalue weighted by Gasteiger charge is 2.18. The molecule has 4 N–H and O–H groups in total. The molecule has 0 aliphatic carbocycles. The SMILES string of the molecule is O=C(O)CCCc1cc(NC(=O)c2cc(F)cc3[nH]ncc23)cc2c1CNC2. The number of hydrogen-bond donors (Lipinski definition) is 4. The molecule has 144 valence electrons. The highest BCUT2D eigenvalue weighted by Crippen LogP contribution is 2.27. The Labute approximate surface area is 159 Å². The molecule has 1 amide bonds. The van der Waals surface area contributed by atoms with Gasteiger partial charge in [0.25, 0.3) is 5.91 Å². The van der Waals surface area contributed by atoms with Crippen molar-refractivity contribution in [2.45, 2.75) is 32.4 Å². The van der Waals surface area contributed by atoms with Crippen LogP contribution in [0.2, 0.25) is 0 Å². The topological polar surface area (TPSA) is 107 Å². The number of aromatic nitrogens is 2. The minimum atomic E-state index is -0.825. The van der Waals surface area contributed by atoms with E-state index in [0.29, 0.717) is 36.0 Å². The Kier molecular flexibility index (Phi) is 4.79. The van der Waals surface area contributed by atoms with Crippen LogP contribution >= 0.6 is 0 Å². The highest BCUT2D eigenvalue weighted by molar-refractivity contribution is 6.12. The third-order valence-electron chi connectivity index (χ3n) is 4.91. The van der Waals surface area contributed by atoms with Crippen LogP contribution in [0.5, 0.6) is 0 Å². The minimum Gasteiger partial charge on any atom is -0.481 e. The Hall–Kier alpha value is -3.26. The second kappa shape index (κ2) is 7.40. The molecule has 0 saturated carbocycles. The number of benzene rings is 2. The summed E-state index contributed by atoms with van der Waals surface area (Å²) in [6.07, 6.45) is 2.73. The zero-order valence-corrected chi connectivity index (χ0v) is 15.0. The molecule has 4 rings (SSSR count). The molecule has 0 spiro atoms. The molecule has 0 bridgehead atoms. The summed E-state index contributed by atoms with van der Waals surface area (Å²) in [5, 5.41) is 22.1. The molecule has 0 saturated heterocycles. The quantitative estimate of drug-likeness (QED) is 0.524. The van der Waals surface area contributed by atoms with Crippen LogP contribution in [0.1, 0.15) is 39.9 Å². The van der Waals surface area contributed by atoms with Crippen molar-refractivity contribution in [1.82, 2.24) is 15.5 Å². The van der Waals surface area contributed by atoms with Gasteiger partial charge in [0.05, 0.1) is 17.3 Å². The number of carboxylic acids is 1. The summed E-state index contributed by atoms with van der Waals surface area (Å²) in [6, 6.07) is 6.26. The van der Waals surface area contributed by atoms with Gasteiger partial charge in [-0.1, -0.05) is 0 Å². The number of aliphatic carboxylic acids is 1. The zero-order valence-electron chi connectivity index (χ0n) is 15.0. The largest absolute Gasteiger partial charge is 0.481 e. The highest BCUT2D eigenvalue weighted by atomic mass is 19.1. The standard InChI is InChI=1S/C20H19FN4O3/c21-13-6-15(17-10-23-25-18(17)7-13)20(28)24-14-4-11(2-1-3-19(26)27)16-9-22-8-12(16)5-14/h4-7,10,22H,1-3,8-9H2,(H,23,25)(H,24,28)(H,26,27). The number of fused-ring (bicyclic) bond motifs is 2. The van der Waals surface area contributed by atoms with E-state index in [2.05, 4.69) is 20.8 Å². The normalized spacial score (nSPS) is 12.9. The van der Waals surface area contributed by atoms with Crippen LogP contribution in [-0.2, 0) is 24.3 Å². The molecular weight excluding hydrogens is 363 g/mol. The van der Waals surface area contributed by atoms with Crippen molar-refractivity contribution in [1.29, 1.82) is 0 Å². The molecule has 2 aromatic carbocycles. The van der Waals surface area contributed by atoms with Crippen LogP contribution in [0.3, 0.4) is 0 Å². The fourth-order valence-electron chi connectivity index (χ4n) is 3.63. The lowest BCUT2D eigenvalue weighted by Crippen LogP contribution is -2.13. The number of nitrogens with zero attached hydrogens (tertiary/aromatic N) is 1. The van der Waals surface area contributed by atoms with Crippen molar-refractivity contribution >= 4 is 28.5 Å². The molecule has 0 radical (unpaired) electrons. The fraction of sp³-hybridized carbons (Fsp3) is 0.250. The third kappa shape index (κ3) is 3.59. The van der Waals surface area contributed by atoms with Crippen LogP contribution in [0, 0.1) is 5.82 Å². The first-order chi connectivity index (χ1) is 13.5. The van der Waals surface area contributed by atoms with Crippen molar-refractivity contribution in [2.75, 3.05) is 5.32 Å². The van der Waals surface area contributed by atoms with E-state index in [1.54, 1.807) is 0 Å². The first kappa shape index (κ1) is 18.1. The van der Waals surface area contributed by atoms with Gasteiger partial charge in [0.15, 0.2) is 0 Å². The van der Waals surface area contributed by atoms with Gasteiger partial charge in [0.1, 0.15) is 5.82 Å². The number of carbonyl (C=O) groups excluding carboxylic acids is 1.